The molecule has 12 heavy (non-hydrogen) atoms. The lowest BCUT2D eigenvalue weighted by Crippen LogP contribution is -2.27. The first-order chi connectivity index (χ1) is 5.85. The molecule has 2 spiro atoms. The van der Waals surface area contributed by atoms with Crippen molar-refractivity contribution in [3.63, 3.8) is 0 Å². The predicted octanol–water partition coefficient (Wildman–Crippen LogP) is 1.34. The molecule has 2 nitrogen and oxygen atoms in total. The van der Waals surface area contributed by atoms with Gasteiger partial charge >= 0.3 is 0 Å². The maximum absolute atomic E-state index is 5.91. The van der Waals surface area contributed by atoms with E-state index in [9.17, 15) is 0 Å². The van der Waals surface area contributed by atoms with Crippen molar-refractivity contribution in [3.05, 3.63) is 0 Å². The number of hydrogen-bond donors (Lipinski definition) is 0. The summed E-state index contributed by atoms with van der Waals surface area (Å²) in [6.45, 7) is 1.98. The molecule has 0 radical (unpaired) electrons. The van der Waals surface area contributed by atoms with Crippen molar-refractivity contribution >= 4 is 0 Å². The Bertz CT molecular complexity index is 214. The summed E-state index contributed by atoms with van der Waals surface area (Å²) in [5, 5.41) is 0. The summed E-state index contributed by atoms with van der Waals surface area (Å²) in [4.78, 5) is 0. The molecule has 0 amide bonds. The first-order valence-corrected chi connectivity index (χ1v) is 5.08. The van der Waals surface area contributed by atoms with Crippen LogP contribution in [0.2, 0.25) is 0 Å². The lowest BCUT2D eigenvalue weighted by atomic mass is 9.92. The Morgan fingerprint density at radius 1 is 0.750 bits per heavy atom. The zero-order chi connectivity index (χ0) is 7.81. The van der Waals surface area contributed by atoms with Crippen LogP contribution in [0.15, 0.2) is 0 Å². The van der Waals surface area contributed by atoms with Gasteiger partial charge in [0, 0.05) is 10.8 Å². The summed E-state index contributed by atoms with van der Waals surface area (Å²) < 4.78 is 11.8. The Morgan fingerprint density at radius 2 is 1.17 bits per heavy atom. The van der Waals surface area contributed by atoms with Crippen LogP contribution in [0.5, 0.6) is 0 Å². The molecule has 2 saturated carbocycles. The van der Waals surface area contributed by atoms with Crippen molar-refractivity contribution < 1.29 is 9.47 Å². The molecule has 0 aromatic carbocycles. The van der Waals surface area contributed by atoms with Crippen molar-refractivity contribution in [3.8, 4) is 0 Å². The molecule has 0 N–H and O–H groups in total. The molecule has 4 aliphatic rings. The number of rotatable bonds is 0. The fourth-order valence-electron chi connectivity index (χ4n) is 3.03. The lowest BCUT2D eigenvalue weighted by Gasteiger charge is -2.14. The van der Waals surface area contributed by atoms with Crippen molar-refractivity contribution in [2.45, 2.75) is 37.9 Å². The third kappa shape index (κ3) is 0.549. The summed E-state index contributed by atoms with van der Waals surface area (Å²) in [6.07, 6.45) is 6.38. The summed E-state index contributed by atoms with van der Waals surface area (Å²) in [7, 11) is 0. The largest absolute Gasteiger partial charge is 0.374 e. The van der Waals surface area contributed by atoms with Crippen molar-refractivity contribution in [1.29, 1.82) is 0 Å². The molecule has 2 heterocycles. The highest BCUT2D eigenvalue weighted by atomic mass is 16.6. The average Bonchev–Trinajstić information content (AvgIpc) is 2.89. The van der Waals surface area contributed by atoms with E-state index in [1.54, 1.807) is 0 Å². The van der Waals surface area contributed by atoms with Crippen LogP contribution >= 0.6 is 0 Å². The van der Waals surface area contributed by atoms with Crippen LogP contribution in [0.4, 0.5) is 0 Å². The van der Waals surface area contributed by atoms with Crippen LogP contribution in [0, 0.1) is 10.8 Å². The molecule has 2 atom stereocenters. The highest BCUT2D eigenvalue weighted by Gasteiger charge is 2.69. The maximum Gasteiger partial charge on any atom is 0.0921 e. The van der Waals surface area contributed by atoms with Gasteiger partial charge in [-0.05, 0) is 25.7 Å². The first kappa shape index (κ1) is 6.39. The number of fused-ring (bicyclic) bond motifs is 3. The van der Waals surface area contributed by atoms with Gasteiger partial charge in [0.25, 0.3) is 0 Å². The SMILES string of the molecule is C1CC12CO[C@H]1C2OCC12CC2. The third-order valence-corrected chi connectivity index (χ3v) is 4.37. The van der Waals surface area contributed by atoms with Crippen LogP contribution in [0.25, 0.3) is 0 Å². The van der Waals surface area contributed by atoms with Gasteiger partial charge in [-0.2, -0.15) is 0 Å². The van der Waals surface area contributed by atoms with E-state index in [1.807, 2.05) is 0 Å². The second-order valence-electron chi connectivity index (χ2n) is 5.19. The van der Waals surface area contributed by atoms with Gasteiger partial charge < -0.3 is 9.47 Å². The molecule has 2 aliphatic carbocycles. The highest BCUT2D eigenvalue weighted by Crippen LogP contribution is 2.66. The predicted molar refractivity (Wildman–Crippen MR) is 42.8 cm³/mol. The zero-order valence-corrected chi connectivity index (χ0v) is 7.21. The smallest absolute Gasteiger partial charge is 0.0921 e. The summed E-state index contributed by atoms with van der Waals surface area (Å²) in [5.41, 5.74) is 0.994. The second-order valence-corrected chi connectivity index (χ2v) is 5.19. The van der Waals surface area contributed by atoms with Crippen LogP contribution in [0.3, 0.4) is 0 Å². The van der Waals surface area contributed by atoms with Gasteiger partial charge in [0.2, 0.25) is 0 Å². The van der Waals surface area contributed by atoms with Gasteiger partial charge in [0.05, 0.1) is 25.4 Å². The summed E-state index contributed by atoms with van der Waals surface area (Å²) in [6, 6.07) is 0. The quantitative estimate of drug-likeness (QED) is 0.540. The summed E-state index contributed by atoms with van der Waals surface area (Å²) >= 11 is 0. The molecule has 0 bridgehead atoms. The minimum Gasteiger partial charge on any atom is -0.374 e. The molecular formula is C10H14O2. The van der Waals surface area contributed by atoms with Gasteiger partial charge in [0.1, 0.15) is 0 Å². The van der Waals surface area contributed by atoms with E-state index in [2.05, 4.69) is 0 Å². The van der Waals surface area contributed by atoms with E-state index in [-0.39, 0.29) is 0 Å². The Hall–Kier alpha value is -0.0800. The first-order valence-electron chi connectivity index (χ1n) is 5.08. The normalized spacial score (nSPS) is 50.0. The number of hydrogen-bond acceptors (Lipinski definition) is 2. The Morgan fingerprint density at radius 3 is 1.50 bits per heavy atom. The van der Waals surface area contributed by atoms with Gasteiger partial charge in [-0.3, -0.25) is 0 Å². The molecule has 1 unspecified atom stereocenters. The third-order valence-electron chi connectivity index (χ3n) is 4.37. The van der Waals surface area contributed by atoms with E-state index < -0.39 is 0 Å². The molecule has 2 heteroatoms. The fraction of sp³-hybridized carbons (Fsp3) is 1.00. The monoisotopic (exact) mass is 166 g/mol. The van der Waals surface area contributed by atoms with Gasteiger partial charge in [-0.1, -0.05) is 0 Å². The molecular weight excluding hydrogens is 152 g/mol. The van der Waals surface area contributed by atoms with Crippen LogP contribution in [-0.2, 0) is 9.47 Å². The molecule has 2 aliphatic heterocycles. The van der Waals surface area contributed by atoms with Crippen molar-refractivity contribution in [2.24, 2.45) is 10.8 Å². The lowest BCUT2D eigenvalue weighted by molar-refractivity contribution is 0.0564. The van der Waals surface area contributed by atoms with Crippen LogP contribution in [0.1, 0.15) is 25.7 Å². The van der Waals surface area contributed by atoms with Crippen molar-refractivity contribution in [2.75, 3.05) is 13.2 Å². The number of ether oxygens (including phenoxy) is 2. The minimum absolute atomic E-state index is 0.486. The average molecular weight is 166 g/mol. The minimum atomic E-state index is 0.486. The molecule has 4 rings (SSSR count). The molecule has 4 fully saturated rings. The van der Waals surface area contributed by atoms with E-state index in [4.69, 9.17) is 9.47 Å². The second kappa shape index (κ2) is 1.60. The summed E-state index contributed by atoms with van der Waals surface area (Å²) in [5.74, 6) is 0. The highest BCUT2D eigenvalue weighted by molar-refractivity contribution is 5.17. The Balaban J connectivity index is 1.73. The van der Waals surface area contributed by atoms with E-state index in [0.717, 1.165) is 13.2 Å². The van der Waals surface area contributed by atoms with Gasteiger partial charge in [-0.25, -0.2) is 0 Å². The Labute approximate surface area is 72.2 Å². The van der Waals surface area contributed by atoms with E-state index in [0.29, 0.717) is 23.0 Å². The topological polar surface area (TPSA) is 18.5 Å². The van der Waals surface area contributed by atoms with Gasteiger partial charge in [-0.15, -0.1) is 0 Å². The zero-order valence-electron chi connectivity index (χ0n) is 7.21. The Kier molecular flexibility index (Phi) is 0.851. The van der Waals surface area contributed by atoms with Crippen molar-refractivity contribution in [1.82, 2.24) is 0 Å². The van der Waals surface area contributed by atoms with E-state index >= 15 is 0 Å². The van der Waals surface area contributed by atoms with E-state index in [1.165, 1.54) is 25.7 Å². The molecule has 0 aromatic heterocycles. The van der Waals surface area contributed by atoms with Crippen LogP contribution < -0.4 is 0 Å². The van der Waals surface area contributed by atoms with Gasteiger partial charge in [0.15, 0.2) is 0 Å². The molecule has 0 aromatic rings. The standard InChI is InChI=1S/C10H14O2/c1-2-9(1)5-11-8-7(9)12-6-10(8)3-4-10/h7-8H,1-6H2/t7-,8?/m0/s1. The molecule has 66 valence electrons. The molecule has 2 saturated heterocycles. The van der Waals surface area contributed by atoms with Crippen LogP contribution in [-0.4, -0.2) is 25.4 Å². The fourth-order valence-corrected chi connectivity index (χ4v) is 3.03. The maximum atomic E-state index is 5.91.